The third kappa shape index (κ3) is 5.45. The predicted molar refractivity (Wildman–Crippen MR) is 123 cm³/mol. The highest BCUT2D eigenvalue weighted by Crippen LogP contribution is 2.45. The van der Waals surface area contributed by atoms with E-state index in [2.05, 4.69) is 30.4 Å². The van der Waals surface area contributed by atoms with Crippen LogP contribution in [0.15, 0.2) is 24.3 Å². The van der Waals surface area contributed by atoms with Gasteiger partial charge in [0.15, 0.2) is 0 Å². The van der Waals surface area contributed by atoms with Crippen LogP contribution in [0.1, 0.15) is 73.4 Å². The molecule has 1 saturated heterocycles. The minimum atomic E-state index is -0.545. The van der Waals surface area contributed by atoms with Gasteiger partial charge in [-0.15, -0.1) is 11.3 Å². The Morgan fingerprint density at radius 1 is 1.23 bits per heavy atom. The van der Waals surface area contributed by atoms with Crippen LogP contribution in [0.4, 0.5) is 4.79 Å². The van der Waals surface area contributed by atoms with Gasteiger partial charge in [-0.05, 0) is 58.9 Å². The summed E-state index contributed by atoms with van der Waals surface area (Å²) in [7, 11) is 0. The van der Waals surface area contributed by atoms with Crippen molar-refractivity contribution in [3.8, 4) is 10.4 Å². The van der Waals surface area contributed by atoms with Gasteiger partial charge in [0.05, 0.1) is 9.88 Å². The predicted octanol–water partition coefficient (Wildman–Crippen LogP) is 5.13. The third-order valence-electron chi connectivity index (χ3n) is 5.48. The van der Waals surface area contributed by atoms with Gasteiger partial charge in [-0.2, -0.15) is 0 Å². The number of alkyl carbamates (subject to hydrolysis) is 1. The van der Waals surface area contributed by atoms with Gasteiger partial charge in [0.25, 0.3) is 5.91 Å². The van der Waals surface area contributed by atoms with Gasteiger partial charge in [-0.25, -0.2) is 9.78 Å². The quantitative estimate of drug-likeness (QED) is 0.714. The fourth-order valence-electron chi connectivity index (χ4n) is 3.87. The topological polar surface area (TPSA) is 71.5 Å². The molecule has 4 rings (SSSR count). The first-order valence-corrected chi connectivity index (χ1v) is 11.9. The van der Waals surface area contributed by atoms with E-state index in [-0.39, 0.29) is 11.9 Å². The number of benzene rings is 1. The van der Waals surface area contributed by atoms with Crippen molar-refractivity contribution in [3.63, 3.8) is 0 Å². The SMILES string of the molecule is Cc1cccc(-c2sc(C3CC3)nc2C(=O)N2CCCC(NC(=O)OC(C)(C)C)C2)c1. The lowest BCUT2D eigenvalue weighted by molar-refractivity contribution is 0.0451. The van der Waals surface area contributed by atoms with Gasteiger partial charge >= 0.3 is 6.09 Å². The Hall–Kier alpha value is -2.41. The average molecular weight is 442 g/mol. The van der Waals surface area contributed by atoms with E-state index in [1.807, 2.05) is 31.7 Å². The fourth-order valence-corrected chi connectivity index (χ4v) is 5.09. The van der Waals surface area contributed by atoms with Crippen LogP contribution in [-0.4, -0.2) is 46.6 Å². The number of hydrogen-bond acceptors (Lipinski definition) is 5. The molecule has 0 spiro atoms. The molecule has 2 aliphatic rings. The Balaban J connectivity index is 1.53. The number of amides is 2. The van der Waals surface area contributed by atoms with E-state index in [0.29, 0.717) is 24.7 Å². The molecular formula is C24H31N3O3S. The molecule has 6 nitrogen and oxygen atoms in total. The van der Waals surface area contributed by atoms with Crippen LogP contribution in [0.3, 0.4) is 0 Å². The van der Waals surface area contributed by atoms with Crippen LogP contribution >= 0.6 is 11.3 Å². The maximum absolute atomic E-state index is 13.5. The summed E-state index contributed by atoms with van der Waals surface area (Å²) < 4.78 is 5.38. The lowest BCUT2D eigenvalue weighted by Gasteiger charge is -2.33. The summed E-state index contributed by atoms with van der Waals surface area (Å²) in [5.41, 5.74) is 2.22. The van der Waals surface area contributed by atoms with Crippen molar-refractivity contribution in [2.45, 2.75) is 70.9 Å². The number of nitrogens with one attached hydrogen (secondary N) is 1. The van der Waals surface area contributed by atoms with E-state index in [1.165, 1.54) is 0 Å². The van der Waals surface area contributed by atoms with E-state index in [4.69, 9.17) is 9.72 Å². The number of carbonyl (C=O) groups excluding carboxylic acids is 2. The molecule has 1 N–H and O–H groups in total. The minimum Gasteiger partial charge on any atom is -0.444 e. The third-order valence-corrected chi connectivity index (χ3v) is 6.75. The largest absolute Gasteiger partial charge is 0.444 e. The van der Waals surface area contributed by atoms with Crippen molar-refractivity contribution in [1.29, 1.82) is 0 Å². The Labute approximate surface area is 188 Å². The molecular weight excluding hydrogens is 410 g/mol. The molecule has 0 bridgehead atoms. The summed E-state index contributed by atoms with van der Waals surface area (Å²) in [4.78, 5) is 33.3. The highest BCUT2D eigenvalue weighted by atomic mass is 32.1. The van der Waals surface area contributed by atoms with E-state index >= 15 is 0 Å². The summed E-state index contributed by atoms with van der Waals surface area (Å²) in [6.45, 7) is 8.74. The average Bonchev–Trinajstić information content (AvgIpc) is 3.44. The molecule has 2 fully saturated rings. The molecule has 1 aromatic carbocycles. The summed E-state index contributed by atoms with van der Waals surface area (Å²) in [6, 6.07) is 8.14. The number of carbonyl (C=O) groups is 2. The van der Waals surface area contributed by atoms with E-state index < -0.39 is 11.7 Å². The van der Waals surface area contributed by atoms with Gasteiger partial charge in [0, 0.05) is 25.0 Å². The van der Waals surface area contributed by atoms with E-state index in [1.54, 1.807) is 11.3 Å². The molecule has 7 heteroatoms. The zero-order chi connectivity index (χ0) is 22.2. The minimum absolute atomic E-state index is 0.0460. The molecule has 1 unspecified atom stereocenters. The van der Waals surface area contributed by atoms with Crippen molar-refractivity contribution in [2.24, 2.45) is 0 Å². The molecule has 2 heterocycles. The molecule has 1 aliphatic carbocycles. The molecule has 0 radical (unpaired) electrons. The Morgan fingerprint density at radius 2 is 2.00 bits per heavy atom. The number of hydrogen-bond donors (Lipinski definition) is 1. The molecule has 2 aromatic rings. The van der Waals surface area contributed by atoms with Crippen molar-refractivity contribution in [1.82, 2.24) is 15.2 Å². The Morgan fingerprint density at radius 3 is 2.68 bits per heavy atom. The van der Waals surface area contributed by atoms with E-state index in [9.17, 15) is 9.59 Å². The standard InChI is InChI=1S/C24H31N3O3S/c1-15-7-5-8-17(13-15)20-19(26-21(31-20)16-10-11-16)22(28)27-12-6-9-18(14-27)25-23(29)30-24(2,3)4/h5,7-8,13,16,18H,6,9-12,14H2,1-4H3,(H,25,29). The highest BCUT2D eigenvalue weighted by molar-refractivity contribution is 7.15. The zero-order valence-electron chi connectivity index (χ0n) is 18.7. The number of rotatable bonds is 4. The van der Waals surface area contributed by atoms with Crippen LogP contribution in [0.5, 0.6) is 0 Å². The summed E-state index contributed by atoms with van der Waals surface area (Å²) >= 11 is 1.65. The van der Waals surface area contributed by atoms with Crippen molar-refractivity contribution in [2.75, 3.05) is 13.1 Å². The lowest BCUT2D eigenvalue weighted by atomic mass is 10.0. The molecule has 166 valence electrons. The molecule has 31 heavy (non-hydrogen) atoms. The highest BCUT2D eigenvalue weighted by Gasteiger charge is 2.33. The monoisotopic (exact) mass is 441 g/mol. The van der Waals surface area contributed by atoms with Crippen LogP contribution in [0.25, 0.3) is 10.4 Å². The van der Waals surface area contributed by atoms with Crippen molar-refractivity contribution >= 4 is 23.3 Å². The van der Waals surface area contributed by atoms with Crippen LogP contribution in [0.2, 0.25) is 0 Å². The summed E-state index contributed by atoms with van der Waals surface area (Å²) in [6.07, 6.45) is 3.54. The number of likely N-dealkylation sites (tertiary alicyclic amines) is 1. The zero-order valence-corrected chi connectivity index (χ0v) is 19.6. The fraction of sp³-hybridized carbons (Fsp3) is 0.542. The summed E-state index contributed by atoms with van der Waals surface area (Å²) in [5.74, 6) is 0.452. The van der Waals surface area contributed by atoms with Crippen LogP contribution in [-0.2, 0) is 4.74 Å². The van der Waals surface area contributed by atoms with E-state index in [0.717, 1.165) is 46.7 Å². The number of nitrogens with zero attached hydrogens (tertiary/aromatic N) is 2. The maximum atomic E-state index is 13.5. The molecule has 2 amide bonds. The second-order valence-corrected chi connectivity index (χ2v) is 10.6. The first-order chi connectivity index (χ1) is 14.7. The molecule has 1 saturated carbocycles. The van der Waals surface area contributed by atoms with Gasteiger partial charge in [0.1, 0.15) is 11.3 Å². The number of aromatic nitrogens is 1. The first-order valence-electron chi connectivity index (χ1n) is 11.1. The Bertz CT molecular complexity index is 975. The smallest absolute Gasteiger partial charge is 0.407 e. The number of piperidine rings is 1. The number of thiazole rings is 1. The Kier molecular flexibility index (Phi) is 6.06. The second kappa shape index (κ2) is 8.61. The lowest BCUT2D eigenvalue weighted by Crippen LogP contribution is -2.50. The van der Waals surface area contributed by atoms with Gasteiger partial charge in [0.2, 0.25) is 0 Å². The van der Waals surface area contributed by atoms with Crippen molar-refractivity contribution in [3.05, 3.63) is 40.5 Å². The molecule has 1 aliphatic heterocycles. The first kappa shape index (κ1) is 21.8. The van der Waals surface area contributed by atoms with Crippen LogP contribution < -0.4 is 5.32 Å². The second-order valence-electron chi connectivity index (χ2n) is 9.61. The molecule has 1 atom stereocenters. The molecule has 1 aromatic heterocycles. The van der Waals surface area contributed by atoms with Gasteiger partial charge in [-0.1, -0.05) is 29.8 Å². The summed E-state index contributed by atoms with van der Waals surface area (Å²) in [5, 5.41) is 4.00. The maximum Gasteiger partial charge on any atom is 0.407 e. The van der Waals surface area contributed by atoms with Crippen LogP contribution in [0, 0.1) is 6.92 Å². The van der Waals surface area contributed by atoms with Gasteiger partial charge < -0.3 is 15.0 Å². The number of aryl methyl sites for hydroxylation is 1. The number of ether oxygens (including phenoxy) is 1. The normalized spacial score (nSPS) is 19.2. The van der Waals surface area contributed by atoms with Crippen molar-refractivity contribution < 1.29 is 14.3 Å². The van der Waals surface area contributed by atoms with Gasteiger partial charge in [-0.3, -0.25) is 4.79 Å².